The number of hydrogen-bond acceptors (Lipinski definition) is 4. The van der Waals surface area contributed by atoms with E-state index in [-0.39, 0.29) is 0 Å². The van der Waals surface area contributed by atoms with Crippen LogP contribution in [0.2, 0.25) is 0 Å². The third kappa shape index (κ3) is 3.15. The first-order valence-electron chi connectivity index (χ1n) is 4.82. The number of hydrogen-bond donors (Lipinski definition) is 1. The van der Waals surface area contributed by atoms with Gasteiger partial charge in [-0.05, 0) is 13.0 Å². The molecule has 0 fully saturated rings. The molecule has 1 rings (SSSR count). The molecule has 1 aromatic heterocycles. The zero-order chi connectivity index (χ0) is 10.2. The summed E-state index contributed by atoms with van der Waals surface area (Å²) >= 11 is 0. The van der Waals surface area contributed by atoms with Crippen LogP contribution in [0.3, 0.4) is 0 Å². The Labute approximate surface area is 83.8 Å². The Hall–Kier alpha value is -1.41. The van der Waals surface area contributed by atoms with Gasteiger partial charge in [-0.25, -0.2) is 9.67 Å². The number of nitrogens with one attached hydrogen (secondary N) is 1. The molecule has 0 saturated heterocycles. The van der Waals surface area contributed by atoms with Gasteiger partial charge in [-0.15, -0.1) is 0 Å². The standard InChI is InChI=1S/C9H15N5/c1-2-5-11-7-9-12-8-13-14(9)6-3-4-10/h8,11H,2-3,5-7H2,1H3. The molecule has 76 valence electrons. The van der Waals surface area contributed by atoms with Crippen molar-refractivity contribution in [2.75, 3.05) is 6.54 Å². The maximum absolute atomic E-state index is 8.44. The molecule has 0 radical (unpaired) electrons. The van der Waals surface area contributed by atoms with Crippen molar-refractivity contribution in [3.8, 4) is 6.07 Å². The highest BCUT2D eigenvalue weighted by Crippen LogP contribution is 1.95. The molecule has 0 aliphatic heterocycles. The van der Waals surface area contributed by atoms with Crippen LogP contribution in [0.1, 0.15) is 25.6 Å². The Bertz CT molecular complexity index is 298. The first-order chi connectivity index (χ1) is 6.88. The van der Waals surface area contributed by atoms with E-state index >= 15 is 0 Å². The minimum atomic E-state index is 0.476. The predicted molar refractivity (Wildman–Crippen MR) is 52.2 cm³/mol. The lowest BCUT2D eigenvalue weighted by Crippen LogP contribution is -2.18. The number of aromatic nitrogens is 3. The topological polar surface area (TPSA) is 66.5 Å². The van der Waals surface area contributed by atoms with Gasteiger partial charge in [-0.3, -0.25) is 0 Å². The van der Waals surface area contributed by atoms with Crippen molar-refractivity contribution in [3.63, 3.8) is 0 Å². The molecule has 5 nitrogen and oxygen atoms in total. The second-order valence-electron chi connectivity index (χ2n) is 2.98. The molecule has 5 heteroatoms. The molecule has 14 heavy (non-hydrogen) atoms. The summed E-state index contributed by atoms with van der Waals surface area (Å²) in [6.45, 7) is 4.44. The predicted octanol–water partition coefficient (Wildman–Crippen LogP) is 0.691. The van der Waals surface area contributed by atoms with E-state index in [0.29, 0.717) is 13.0 Å². The summed E-state index contributed by atoms with van der Waals surface area (Å²) in [7, 11) is 0. The van der Waals surface area contributed by atoms with Crippen LogP contribution in [0.4, 0.5) is 0 Å². The molecule has 0 spiro atoms. The van der Waals surface area contributed by atoms with Crippen molar-refractivity contribution < 1.29 is 0 Å². The van der Waals surface area contributed by atoms with E-state index in [1.807, 2.05) is 0 Å². The highest BCUT2D eigenvalue weighted by atomic mass is 15.3. The van der Waals surface area contributed by atoms with E-state index in [4.69, 9.17) is 5.26 Å². The van der Waals surface area contributed by atoms with Crippen molar-refractivity contribution in [2.24, 2.45) is 0 Å². The van der Waals surface area contributed by atoms with Crippen LogP contribution in [0.5, 0.6) is 0 Å². The number of aryl methyl sites for hydroxylation is 1. The van der Waals surface area contributed by atoms with Crippen LogP contribution >= 0.6 is 0 Å². The zero-order valence-corrected chi connectivity index (χ0v) is 8.40. The Kier molecular flexibility index (Phi) is 4.65. The molecule has 0 unspecified atom stereocenters. The van der Waals surface area contributed by atoms with Gasteiger partial charge in [0, 0.05) is 0 Å². The van der Waals surface area contributed by atoms with Crippen molar-refractivity contribution in [1.82, 2.24) is 20.1 Å². The first-order valence-corrected chi connectivity index (χ1v) is 4.82. The number of nitrogens with zero attached hydrogens (tertiary/aromatic N) is 4. The van der Waals surface area contributed by atoms with E-state index in [1.54, 1.807) is 4.68 Å². The molecular weight excluding hydrogens is 178 g/mol. The summed E-state index contributed by atoms with van der Waals surface area (Å²) in [6.07, 6.45) is 3.11. The third-order valence-corrected chi connectivity index (χ3v) is 1.84. The second kappa shape index (κ2) is 6.11. The summed E-state index contributed by atoms with van der Waals surface area (Å²) in [4.78, 5) is 4.12. The molecule has 1 N–H and O–H groups in total. The van der Waals surface area contributed by atoms with E-state index < -0.39 is 0 Å². The smallest absolute Gasteiger partial charge is 0.140 e. The van der Waals surface area contributed by atoms with E-state index in [2.05, 4.69) is 28.4 Å². The molecule has 1 aromatic rings. The summed E-state index contributed by atoms with van der Waals surface area (Å²) < 4.78 is 1.77. The van der Waals surface area contributed by atoms with Crippen LogP contribution in [0, 0.1) is 11.3 Å². The van der Waals surface area contributed by atoms with Gasteiger partial charge < -0.3 is 5.32 Å². The van der Waals surface area contributed by atoms with Crippen molar-refractivity contribution in [2.45, 2.75) is 32.9 Å². The molecule has 0 saturated carbocycles. The van der Waals surface area contributed by atoms with Crippen LogP contribution in [0.25, 0.3) is 0 Å². The van der Waals surface area contributed by atoms with E-state index in [0.717, 1.165) is 25.3 Å². The maximum atomic E-state index is 8.44. The summed E-state index contributed by atoms with van der Waals surface area (Å²) in [5, 5.41) is 15.7. The summed E-state index contributed by atoms with van der Waals surface area (Å²) in [5.41, 5.74) is 0. The van der Waals surface area contributed by atoms with Crippen LogP contribution < -0.4 is 5.32 Å². The minimum Gasteiger partial charge on any atom is -0.310 e. The Balaban J connectivity index is 2.42. The molecule has 0 aliphatic carbocycles. The van der Waals surface area contributed by atoms with Gasteiger partial charge in [-0.2, -0.15) is 10.4 Å². The normalized spacial score (nSPS) is 10.0. The second-order valence-corrected chi connectivity index (χ2v) is 2.98. The summed E-state index contributed by atoms with van der Waals surface area (Å²) in [6, 6.07) is 2.09. The van der Waals surface area contributed by atoms with Crippen LogP contribution in [0.15, 0.2) is 6.33 Å². The van der Waals surface area contributed by atoms with Crippen molar-refractivity contribution >= 4 is 0 Å². The number of nitriles is 1. The fourth-order valence-corrected chi connectivity index (χ4v) is 1.14. The van der Waals surface area contributed by atoms with E-state index in [9.17, 15) is 0 Å². The Morgan fingerprint density at radius 1 is 1.64 bits per heavy atom. The van der Waals surface area contributed by atoms with Gasteiger partial charge in [0.15, 0.2) is 0 Å². The minimum absolute atomic E-state index is 0.476. The molecule has 1 heterocycles. The Morgan fingerprint density at radius 3 is 3.21 bits per heavy atom. The van der Waals surface area contributed by atoms with Crippen LogP contribution in [-0.4, -0.2) is 21.3 Å². The molecule has 0 aliphatic rings. The maximum Gasteiger partial charge on any atom is 0.140 e. The SMILES string of the molecule is CCCNCc1ncnn1CCC#N. The van der Waals surface area contributed by atoms with Gasteiger partial charge in [0.05, 0.1) is 25.6 Å². The molecule has 0 atom stereocenters. The van der Waals surface area contributed by atoms with Gasteiger partial charge >= 0.3 is 0 Å². The highest BCUT2D eigenvalue weighted by molar-refractivity contribution is 4.84. The van der Waals surface area contributed by atoms with Gasteiger partial charge in [-0.1, -0.05) is 6.92 Å². The molecule has 0 aromatic carbocycles. The van der Waals surface area contributed by atoms with E-state index in [1.165, 1.54) is 6.33 Å². The average molecular weight is 193 g/mol. The average Bonchev–Trinajstić information content (AvgIpc) is 2.63. The molecular formula is C9H15N5. The van der Waals surface area contributed by atoms with Crippen molar-refractivity contribution in [1.29, 1.82) is 5.26 Å². The fourth-order valence-electron chi connectivity index (χ4n) is 1.14. The zero-order valence-electron chi connectivity index (χ0n) is 8.40. The fraction of sp³-hybridized carbons (Fsp3) is 0.667. The first kappa shape index (κ1) is 10.7. The quantitative estimate of drug-likeness (QED) is 0.675. The van der Waals surface area contributed by atoms with Gasteiger partial charge in [0.25, 0.3) is 0 Å². The van der Waals surface area contributed by atoms with Gasteiger partial charge in [0.1, 0.15) is 12.2 Å². The lowest BCUT2D eigenvalue weighted by Gasteiger charge is -2.04. The monoisotopic (exact) mass is 193 g/mol. The lowest BCUT2D eigenvalue weighted by molar-refractivity contribution is 0.555. The third-order valence-electron chi connectivity index (χ3n) is 1.84. The highest BCUT2D eigenvalue weighted by Gasteiger charge is 2.02. The van der Waals surface area contributed by atoms with Gasteiger partial charge in [0.2, 0.25) is 0 Å². The van der Waals surface area contributed by atoms with Crippen molar-refractivity contribution in [3.05, 3.63) is 12.2 Å². The van der Waals surface area contributed by atoms with Crippen LogP contribution in [-0.2, 0) is 13.1 Å². The Morgan fingerprint density at radius 2 is 2.50 bits per heavy atom. The molecule has 0 amide bonds. The molecule has 0 bridgehead atoms. The summed E-state index contributed by atoms with van der Waals surface area (Å²) in [5.74, 6) is 0.897. The largest absolute Gasteiger partial charge is 0.310 e. The number of rotatable bonds is 6. The lowest BCUT2D eigenvalue weighted by atomic mass is 10.4.